The van der Waals surface area contributed by atoms with Gasteiger partial charge in [0.1, 0.15) is 12.1 Å². The Labute approximate surface area is 183 Å². The minimum atomic E-state index is -0.285. The molecule has 3 rings (SSSR count). The molecule has 0 radical (unpaired) electrons. The van der Waals surface area contributed by atoms with Gasteiger partial charge in [-0.25, -0.2) is 4.98 Å². The van der Waals surface area contributed by atoms with Gasteiger partial charge in [-0.2, -0.15) is 0 Å². The minimum absolute atomic E-state index is 0.0172. The molecule has 6 nitrogen and oxygen atoms in total. The summed E-state index contributed by atoms with van der Waals surface area (Å²) in [5.41, 5.74) is 2.18. The van der Waals surface area contributed by atoms with Crippen molar-refractivity contribution in [1.82, 2.24) is 14.1 Å². The van der Waals surface area contributed by atoms with Crippen LogP contribution in [0.2, 0.25) is 10.0 Å². The fourth-order valence-electron chi connectivity index (χ4n) is 3.20. The Morgan fingerprint density at radius 1 is 1.17 bits per heavy atom. The second-order valence-corrected chi connectivity index (χ2v) is 8.87. The highest BCUT2D eigenvalue weighted by molar-refractivity contribution is 7.98. The van der Waals surface area contributed by atoms with Crippen LogP contribution in [-0.4, -0.2) is 26.3 Å². The van der Waals surface area contributed by atoms with Crippen LogP contribution >= 0.6 is 35.0 Å². The Balaban J connectivity index is 1.99. The summed E-state index contributed by atoms with van der Waals surface area (Å²) in [7, 11) is 0. The average Bonchev–Trinajstić information content (AvgIpc) is 2.91. The molecule has 0 bridgehead atoms. The maximum absolute atomic E-state index is 13.2. The van der Waals surface area contributed by atoms with Crippen molar-refractivity contribution in [1.29, 1.82) is 0 Å². The maximum Gasteiger partial charge on any atom is 0.278 e. The molecule has 1 N–H and O–H groups in total. The summed E-state index contributed by atoms with van der Waals surface area (Å²) in [4.78, 5) is 30.5. The number of carbonyl (C=O) groups is 1. The Bertz CT molecular complexity index is 1120. The highest BCUT2D eigenvalue weighted by atomic mass is 35.5. The van der Waals surface area contributed by atoms with Crippen molar-refractivity contribution in [3.05, 3.63) is 50.4 Å². The zero-order valence-electron chi connectivity index (χ0n) is 16.6. The van der Waals surface area contributed by atoms with Crippen LogP contribution in [0.4, 0.5) is 5.69 Å². The summed E-state index contributed by atoms with van der Waals surface area (Å²) in [6.07, 6.45) is 1.90. The molecule has 0 fully saturated rings. The fraction of sp³-hybridized carbons (Fsp3) is 0.350. The molecule has 9 heteroatoms. The third kappa shape index (κ3) is 4.79. The molecule has 0 unspecified atom stereocenters. The lowest BCUT2D eigenvalue weighted by Gasteiger charge is -2.14. The first-order chi connectivity index (χ1) is 13.7. The quantitative estimate of drug-likeness (QED) is 0.429. The van der Waals surface area contributed by atoms with Crippen molar-refractivity contribution in [3.63, 3.8) is 0 Å². The van der Waals surface area contributed by atoms with Crippen molar-refractivity contribution >= 4 is 57.6 Å². The van der Waals surface area contributed by atoms with Crippen LogP contribution in [-0.2, 0) is 17.9 Å². The molecule has 2 heterocycles. The Morgan fingerprint density at radius 2 is 1.83 bits per heavy atom. The lowest BCUT2D eigenvalue weighted by Crippen LogP contribution is -2.28. The number of aromatic nitrogens is 3. The molecule has 0 aliphatic carbocycles. The van der Waals surface area contributed by atoms with Crippen LogP contribution in [0.3, 0.4) is 0 Å². The van der Waals surface area contributed by atoms with Gasteiger partial charge in [0.05, 0.1) is 5.52 Å². The first kappa shape index (κ1) is 21.7. The summed E-state index contributed by atoms with van der Waals surface area (Å²) in [5.74, 6) is 0.00548. The largest absolute Gasteiger partial charge is 0.330 e. The molecule has 0 saturated carbocycles. The number of hydrogen-bond donors (Lipinski definition) is 1. The van der Waals surface area contributed by atoms with E-state index < -0.39 is 0 Å². The monoisotopic (exact) mass is 452 g/mol. The Kier molecular flexibility index (Phi) is 6.61. The number of fused-ring (bicyclic) bond motifs is 1. The van der Waals surface area contributed by atoms with Gasteiger partial charge < -0.3 is 9.88 Å². The fourth-order valence-corrected chi connectivity index (χ4v) is 4.30. The van der Waals surface area contributed by atoms with Gasteiger partial charge in [0, 0.05) is 28.0 Å². The van der Waals surface area contributed by atoms with Crippen molar-refractivity contribution in [2.24, 2.45) is 5.92 Å². The van der Waals surface area contributed by atoms with Gasteiger partial charge in [0.25, 0.3) is 5.56 Å². The molecule has 2 aromatic heterocycles. The number of thioether (sulfide) groups is 1. The predicted molar refractivity (Wildman–Crippen MR) is 120 cm³/mol. The highest BCUT2D eigenvalue weighted by Crippen LogP contribution is 2.23. The summed E-state index contributed by atoms with van der Waals surface area (Å²) in [5, 5.41) is 4.32. The van der Waals surface area contributed by atoms with Crippen molar-refractivity contribution in [3.8, 4) is 0 Å². The third-order valence-corrected chi connectivity index (χ3v) is 5.47. The third-order valence-electron chi connectivity index (χ3n) is 4.36. The summed E-state index contributed by atoms with van der Waals surface area (Å²) in [6.45, 7) is 6.51. The van der Waals surface area contributed by atoms with Crippen LogP contribution < -0.4 is 10.9 Å². The van der Waals surface area contributed by atoms with E-state index in [1.807, 2.05) is 19.2 Å². The van der Waals surface area contributed by atoms with Gasteiger partial charge >= 0.3 is 0 Å². The maximum atomic E-state index is 13.2. The van der Waals surface area contributed by atoms with Gasteiger partial charge in [-0.05, 0) is 43.4 Å². The second kappa shape index (κ2) is 8.81. The number of aryl methyl sites for hydroxylation is 1. The summed E-state index contributed by atoms with van der Waals surface area (Å²) < 4.78 is 3.38. The zero-order chi connectivity index (χ0) is 21.3. The SMILES string of the molecule is CSc1nc2cc(C)n(CC(=O)Nc3cc(Cl)cc(Cl)c3)c2c(=O)n1CC(C)C. The van der Waals surface area contributed by atoms with Crippen molar-refractivity contribution in [2.45, 2.75) is 39.0 Å². The molecule has 154 valence electrons. The molecule has 3 aromatic rings. The number of halogens is 2. The highest BCUT2D eigenvalue weighted by Gasteiger charge is 2.18. The Morgan fingerprint density at radius 3 is 2.41 bits per heavy atom. The van der Waals surface area contributed by atoms with Gasteiger partial charge in [-0.1, -0.05) is 48.8 Å². The number of nitrogens with one attached hydrogen (secondary N) is 1. The molecule has 1 amide bonds. The summed E-state index contributed by atoms with van der Waals surface area (Å²) >= 11 is 13.4. The van der Waals surface area contributed by atoms with E-state index in [0.717, 1.165) is 5.69 Å². The zero-order valence-corrected chi connectivity index (χ0v) is 19.0. The molecule has 0 saturated heterocycles. The topological polar surface area (TPSA) is 68.9 Å². The molecule has 0 atom stereocenters. The van der Waals surface area contributed by atoms with E-state index >= 15 is 0 Å². The molecular weight excluding hydrogens is 431 g/mol. The summed E-state index contributed by atoms with van der Waals surface area (Å²) in [6, 6.07) is 6.66. The smallest absolute Gasteiger partial charge is 0.278 e. The number of hydrogen-bond acceptors (Lipinski definition) is 4. The first-order valence-corrected chi connectivity index (χ1v) is 11.1. The van der Waals surface area contributed by atoms with E-state index in [1.54, 1.807) is 27.3 Å². The van der Waals surface area contributed by atoms with Crippen LogP contribution in [0.25, 0.3) is 11.0 Å². The van der Waals surface area contributed by atoms with Crippen LogP contribution in [0.1, 0.15) is 19.5 Å². The van der Waals surface area contributed by atoms with Crippen LogP contribution in [0.15, 0.2) is 34.2 Å². The lowest BCUT2D eigenvalue weighted by molar-refractivity contribution is -0.116. The molecular formula is C20H22Cl2N4O2S. The number of carbonyl (C=O) groups excluding carboxylic acids is 1. The number of anilines is 1. The molecule has 0 aliphatic heterocycles. The van der Waals surface area contributed by atoms with Crippen LogP contribution in [0, 0.1) is 12.8 Å². The second-order valence-electron chi connectivity index (χ2n) is 7.22. The van der Waals surface area contributed by atoms with Crippen LogP contribution in [0.5, 0.6) is 0 Å². The number of nitrogens with zero attached hydrogens (tertiary/aromatic N) is 3. The van der Waals surface area contributed by atoms with Gasteiger partial charge in [-0.15, -0.1) is 0 Å². The predicted octanol–water partition coefficient (Wildman–Crippen LogP) is 4.83. The normalized spacial score (nSPS) is 11.4. The van der Waals surface area contributed by atoms with E-state index in [2.05, 4.69) is 24.1 Å². The van der Waals surface area contributed by atoms with Crippen molar-refractivity contribution in [2.75, 3.05) is 11.6 Å². The molecule has 1 aromatic carbocycles. The van der Waals surface area contributed by atoms with E-state index in [4.69, 9.17) is 23.2 Å². The minimum Gasteiger partial charge on any atom is -0.330 e. The van der Waals surface area contributed by atoms with E-state index in [-0.39, 0.29) is 18.0 Å². The standard InChI is InChI=1S/C20H22Cl2N4O2S/c1-11(2)9-26-19(28)18-16(24-20(26)29-4)5-12(3)25(18)10-17(27)23-15-7-13(21)6-14(22)8-15/h5-8,11H,9-10H2,1-4H3,(H,23,27). The number of rotatable bonds is 6. The molecule has 0 spiro atoms. The van der Waals surface area contributed by atoms with Gasteiger partial charge in [0.15, 0.2) is 5.16 Å². The van der Waals surface area contributed by atoms with E-state index in [1.165, 1.54) is 11.8 Å². The van der Waals surface area contributed by atoms with E-state index in [9.17, 15) is 9.59 Å². The van der Waals surface area contributed by atoms with Gasteiger partial charge in [-0.3, -0.25) is 14.2 Å². The molecule has 29 heavy (non-hydrogen) atoms. The number of amides is 1. The number of benzene rings is 1. The molecule has 0 aliphatic rings. The van der Waals surface area contributed by atoms with Gasteiger partial charge in [0.2, 0.25) is 5.91 Å². The first-order valence-electron chi connectivity index (χ1n) is 9.10. The average molecular weight is 453 g/mol. The van der Waals surface area contributed by atoms with Crippen molar-refractivity contribution < 1.29 is 4.79 Å². The van der Waals surface area contributed by atoms with E-state index in [0.29, 0.717) is 44.4 Å². The Hall–Kier alpha value is -1.96. The lowest BCUT2D eigenvalue weighted by atomic mass is 10.2.